The Morgan fingerprint density at radius 3 is 2.64 bits per heavy atom. The van der Waals surface area contributed by atoms with Crippen LogP contribution in [0.2, 0.25) is 0 Å². The molecular weight excluding hydrogens is 144 g/mol. The lowest BCUT2D eigenvalue weighted by Gasteiger charge is -2.18. The van der Waals surface area contributed by atoms with E-state index >= 15 is 0 Å². The van der Waals surface area contributed by atoms with E-state index in [9.17, 15) is 9.59 Å². The van der Waals surface area contributed by atoms with Crippen LogP contribution >= 0.6 is 0 Å². The topological polar surface area (TPSA) is 54.4 Å². The van der Waals surface area contributed by atoms with Gasteiger partial charge in [-0.05, 0) is 25.2 Å². The van der Waals surface area contributed by atoms with Crippen molar-refractivity contribution in [1.29, 1.82) is 0 Å². The minimum absolute atomic E-state index is 0.0405. The van der Waals surface area contributed by atoms with Crippen molar-refractivity contribution in [1.82, 2.24) is 0 Å². The van der Waals surface area contributed by atoms with Crippen LogP contribution < -0.4 is 0 Å². The third-order valence-corrected chi connectivity index (χ3v) is 3.03. The first kappa shape index (κ1) is 6.83. The van der Waals surface area contributed by atoms with E-state index in [2.05, 4.69) is 0 Å². The molecule has 2 aliphatic carbocycles. The summed E-state index contributed by atoms with van der Waals surface area (Å²) in [6, 6.07) is 0. The predicted octanol–water partition coefficient (Wildman–Crippen LogP) is 0.830. The Morgan fingerprint density at radius 1 is 1.64 bits per heavy atom. The quantitative estimate of drug-likeness (QED) is 0.569. The minimum atomic E-state index is -0.954. The maximum atomic E-state index is 11.2. The molecule has 2 rings (SSSR count). The van der Waals surface area contributed by atoms with E-state index in [-0.39, 0.29) is 5.78 Å². The molecule has 2 fully saturated rings. The second kappa shape index (κ2) is 1.84. The Labute approximate surface area is 64.4 Å². The average molecular weight is 154 g/mol. The Hall–Kier alpha value is -0.860. The van der Waals surface area contributed by atoms with Crippen molar-refractivity contribution in [3.8, 4) is 0 Å². The molecule has 3 heteroatoms. The molecule has 0 aliphatic heterocycles. The molecule has 2 bridgehead atoms. The summed E-state index contributed by atoms with van der Waals surface area (Å²) in [5.41, 5.74) is -0.954. The zero-order valence-corrected chi connectivity index (χ0v) is 6.17. The third kappa shape index (κ3) is 0.682. The molecule has 0 radical (unpaired) electrons. The fraction of sp³-hybridized carbons (Fsp3) is 0.750. The number of hydrogen-bond donors (Lipinski definition) is 1. The number of ketones is 1. The number of Topliss-reactive ketones (excluding diaryl/α,β-unsaturated/α-hetero) is 1. The fourth-order valence-electron chi connectivity index (χ4n) is 2.35. The summed E-state index contributed by atoms with van der Waals surface area (Å²) >= 11 is 0. The monoisotopic (exact) mass is 154 g/mol. The van der Waals surface area contributed by atoms with E-state index in [1.54, 1.807) is 0 Å². The van der Waals surface area contributed by atoms with Crippen LogP contribution in [0.25, 0.3) is 0 Å². The van der Waals surface area contributed by atoms with E-state index < -0.39 is 11.4 Å². The summed E-state index contributed by atoms with van der Waals surface area (Å²) in [7, 11) is 0. The highest BCUT2D eigenvalue weighted by Gasteiger charge is 2.56. The molecule has 3 nitrogen and oxygen atoms in total. The number of carboxylic acids is 1. The summed E-state index contributed by atoms with van der Waals surface area (Å²) < 4.78 is 0. The first-order chi connectivity index (χ1) is 5.15. The van der Waals surface area contributed by atoms with E-state index in [4.69, 9.17) is 5.11 Å². The number of aliphatic carboxylic acids is 1. The van der Waals surface area contributed by atoms with Crippen molar-refractivity contribution in [2.45, 2.75) is 25.7 Å². The van der Waals surface area contributed by atoms with Crippen LogP contribution in [0.4, 0.5) is 0 Å². The summed E-state index contributed by atoms with van der Waals surface area (Å²) in [4.78, 5) is 22.0. The van der Waals surface area contributed by atoms with Crippen LogP contribution in [-0.2, 0) is 9.59 Å². The van der Waals surface area contributed by atoms with Gasteiger partial charge in [0.1, 0.15) is 11.2 Å². The maximum absolute atomic E-state index is 11.2. The summed E-state index contributed by atoms with van der Waals surface area (Å²) in [6.07, 6.45) is 2.61. The van der Waals surface area contributed by atoms with Gasteiger partial charge in [-0.2, -0.15) is 0 Å². The van der Waals surface area contributed by atoms with Crippen LogP contribution in [0.1, 0.15) is 25.7 Å². The standard InChI is InChI=1S/C8H10O3/c9-6-3-5-1-2-8(6,4-5)7(10)11/h5H,1-4H2,(H,10,11)/t5-,8-/m0/s1. The van der Waals surface area contributed by atoms with Gasteiger partial charge in [-0.15, -0.1) is 0 Å². The van der Waals surface area contributed by atoms with Crippen molar-refractivity contribution >= 4 is 11.8 Å². The van der Waals surface area contributed by atoms with Gasteiger partial charge >= 0.3 is 5.97 Å². The molecule has 0 spiro atoms. The van der Waals surface area contributed by atoms with Crippen molar-refractivity contribution in [3.05, 3.63) is 0 Å². The van der Waals surface area contributed by atoms with Crippen molar-refractivity contribution in [3.63, 3.8) is 0 Å². The SMILES string of the molecule is O=C(O)[C@]12CC[C@@H](CC1=O)C2. The van der Waals surface area contributed by atoms with Gasteiger partial charge in [0.2, 0.25) is 0 Å². The van der Waals surface area contributed by atoms with E-state index in [0.29, 0.717) is 25.2 Å². The first-order valence-electron chi connectivity index (χ1n) is 3.92. The van der Waals surface area contributed by atoms with Gasteiger partial charge < -0.3 is 5.11 Å². The lowest BCUT2D eigenvalue weighted by Crippen LogP contribution is -2.34. The number of carbonyl (C=O) groups excluding carboxylic acids is 1. The normalized spacial score (nSPS) is 41.5. The van der Waals surface area contributed by atoms with E-state index in [1.807, 2.05) is 0 Å². The van der Waals surface area contributed by atoms with Crippen molar-refractivity contribution < 1.29 is 14.7 Å². The molecule has 1 N–H and O–H groups in total. The average Bonchev–Trinajstić information content (AvgIpc) is 2.43. The van der Waals surface area contributed by atoms with Crippen LogP contribution in [0.15, 0.2) is 0 Å². The lowest BCUT2D eigenvalue weighted by molar-refractivity contribution is -0.153. The second-order valence-corrected chi connectivity index (χ2v) is 3.62. The highest BCUT2D eigenvalue weighted by atomic mass is 16.4. The first-order valence-corrected chi connectivity index (χ1v) is 3.92. The smallest absolute Gasteiger partial charge is 0.317 e. The number of carbonyl (C=O) groups is 2. The van der Waals surface area contributed by atoms with Crippen LogP contribution in [0.5, 0.6) is 0 Å². The molecule has 2 saturated carbocycles. The molecule has 11 heavy (non-hydrogen) atoms. The number of rotatable bonds is 1. The molecule has 0 aromatic heterocycles. The molecule has 0 heterocycles. The third-order valence-electron chi connectivity index (χ3n) is 3.03. The van der Waals surface area contributed by atoms with Crippen molar-refractivity contribution in [2.75, 3.05) is 0 Å². The molecule has 0 aromatic carbocycles. The van der Waals surface area contributed by atoms with Gasteiger partial charge in [-0.25, -0.2) is 0 Å². The number of fused-ring (bicyclic) bond motifs is 2. The maximum Gasteiger partial charge on any atom is 0.317 e. The van der Waals surface area contributed by atoms with Gasteiger partial charge in [0.15, 0.2) is 0 Å². The Kier molecular flexibility index (Phi) is 1.14. The van der Waals surface area contributed by atoms with E-state index in [1.165, 1.54) is 0 Å². The van der Waals surface area contributed by atoms with Gasteiger partial charge in [0, 0.05) is 6.42 Å². The molecule has 0 aromatic rings. The van der Waals surface area contributed by atoms with Gasteiger partial charge in [-0.3, -0.25) is 9.59 Å². The minimum Gasteiger partial charge on any atom is -0.480 e. The highest BCUT2D eigenvalue weighted by molar-refractivity contribution is 6.05. The molecule has 0 amide bonds. The van der Waals surface area contributed by atoms with Crippen LogP contribution in [0, 0.1) is 11.3 Å². The van der Waals surface area contributed by atoms with Gasteiger partial charge in [-0.1, -0.05) is 0 Å². The number of carboxylic acid groups (broad SMARTS) is 1. The lowest BCUT2D eigenvalue weighted by atomic mass is 9.83. The van der Waals surface area contributed by atoms with Gasteiger partial charge in [0.25, 0.3) is 0 Å². The zero-order valence-electron chi connectivity index (χ0n) is 6.17. The van der Waals surface area contributed by atoms with Crippen LogP contribution in [0.3, 0.4) is 0 Å². The van der Waals surface area contributed by atoms with E-state index in [0.717, 1.165) is 6.42 Å². The Morgan fingerprint density at radius 2 is 2.36 bits per heavy atom. The largest absolute Gasteiger partial charge is 0.480 e. The number of hydrogen-bond acceptors (Lipinski definition) is 2. The second-order valence-electron chi connectivity index (χ2n) is 3.62. The Balaban J connectivity index is 2.37. The molecule has 0 saturated heterocycles. The van der Waals surface area contributed by atoms with Crippen LogP contribution in [-0.4, -0.2) is 16.9 Å². The molecule has 60 valence electrons. The summed E-state index contributed by atoms with van der Waals surface area (Å²) in [5.74, 6) is -0.567. The Bertz CT molecular complexity index is 233. The summed E-state index contributed by atoms with van der Waals surface area (Å²) in [6.45, 7) is 0. The summed E-state index contributed by atoms with van der Waals surface area (Å²) in [5, 5.41) is 8.84. The molecule has 2 aliphatic rings. The fourth-order valence-corrected chi connectivity index (χ4v) is 2.35. The molecule has 2 atom stereocenters. The zero-order chi connectivity index (χ0) is 8.06. The molecule has 0 unspecified atom stereocenters. The highest BCUT2D eigenvalue weighted by Crippen LogP contribution is 2.51. The van der Waals surface area contributed by atoms with Crippen molar-refractivity contribution in [2.24, 2.45) is 11.3 Å². The predicted molar refractivity (Wildman–Crippen MR) is 37.0 cm³/mol. The molecular formula is C8H10O3. The van der Waals surface area contributed by atoms with Gasteiger partial charge in [0.05, 0.1) is 0 Å².